The maximum atomic E-state index is 12.8. The number of carbonyl (C=O) groups is 3. The van der Waals surface area contributed by atoms with Crippen molar-refractivity contribution in [2.24, 2.45) is 5.92 Å². The second-order valence-electron chi connectivity index (χ2n) is 7.26. The Morgan fingerprint density at radius 2 is 1.84 bits per heavy atom. The summed E-state index contributed by atoms with van der Waals surface area (Å²) in [5.74, 6) is -0.0658. The van der Waals surface area contributed by atoms with Crippen LogP contribution in [-0.4, -0.2) is 59.9 Å². The van der Waals surface area contributed by atoms with Crippen LogP contribution in [0.5, 0.6) is 0 Å². The summed E-state index contributed by atoms with van der Waals surface area (Å²) in [6.45, 7) is 2.07. The molecule has 2 N–H and O–H groups in total. The van der Waals surface area contributed by atoms with E-state index < -0.39 is 6.04 Å². The molecule has 2 atom stereocenters. The van der Waals surface area contributed by atoms with Crippen molar-refractivity contribution >= 4 is 17.8 Å². The first-order chi connectivity index (χ1) is 12.1. The van der Waals surface area contributed by atoms with Crippen molar-refractivity contribution < 1.29 is 14.4 Å². The Morgan fingerprint density at radius 1 is 1.08 bits per heavy atom. The summed E-state index contributed by atoms with van der Waals surface area (Å²) in [7, 11) is 1.78. The van der Waals surface area contributed by atoms with E-state index in [9.17, 15) is 14.4 Å². The van der Waals surface area contributed by atoms with Crippen LogP contribution in [-0.2, 0) is 9.59 Å². The highest BCUT2D eigenvalue weighted by Crippen LogP contribution is 2.38. The van der Waals surface area contributed by atoms with Gasteiger partial charge >= 0.3 is 6.03 Å². The molecule has 0 bridgehead atoms. The second-order valence-corrected chi connectivity index (χ2v) is 7.26. The van der Waals surface area contributed by atoms with Gasteiger partial charge < -0.3 is 10.2 Å². The largest absolute Gasteiger partial charge is 0.325 e. The molecule has 25 heavy (non-hydrogen) atoms. The zero-order valence-electron chi connectivity index (χ0n) is 14.5. The molecule has 4 rings (SSSR count). The van der Waals surface area contributed by atoms with Gasteiger partial charge in [-0.2, -0.15) is 0 Å². The number of imide groups is 1. The molecule has 0 aromatic heterocycles. The third-order valence-corrected chi connectivity index (χ3v) is 5.82. The van der Waals surface area contributed by atoms with Crippen LogP contribution < -0.4 is 10.6 Å². The molecule has 4 amide bonds. The molecule has 4 aliphatic rings. The fourth-order valence-electron chi connectivity index (χ4n) is 4.43. The standard InChI is InChI=1S/C18H24N4O3/c1-21-15-10-12(11-6-8-19-9-7-11)2-3-13(15)22(18(21)25)14-4-5-16(23)20-17(14)24/h2,10-11,13-14,19H,3-9H2,1H3,(H,20,23,24). The van der Waals surface area contributed by atoms with Crippen LogP contribution in [0.4, 0.5) is 4.79 Å². The van der Waals surface area contributed by atoms with Crippen molar-refractivity contribution in [1.29, 1.82) is 0 Å². The van der Waals surface area contributed by atoms with Crippen LogP contribution in [0.25, 0.3) is 0 Å². The number of nitrogens with one attached hydrogen (secondary N) is 2. The number of carbonyl (C=O) groups excluding carboxylic acids is 3. The fraction of sp³-hybridized carbons (Fsp3) is 0.611. The van der Waals surface area contributed by atoms with Crippen molar-refractivity contribution in [3.05, 3.63) is 23.4 Å². The molecule has 3 fully saturated rings. The highest BCUT2D eigenvalue weighted by Gasteiger charge is 2.47. The molecule has 7 heteroatoms. The number of nitrogens with zero attached hydrogens (tertiary/aromatic N) is 2. The molecule has 0 saturated carbocycles. The first-order valence-corrected chi connectivity index (χ1v) is 9.08. The maximum absolute atomic E-state index is 12.8. The first-order valence-electron chi connectivity index (χ1n) is 9.08. The van der Waals surface area contributed by atoms with Gasteiger partial charge in [0.15, 0.2) is 0 Å². The lowest BCUT2D eigenvalue weighted by Gasteiger charge is -2.34. The zero-order valence-corrected chi connectivity index (χ0v) is 14.5. The molecule has 3 aliphatic heterocycles. The molecular weight excluding hydrogens is 320 g/mol. The predicted molar refractivity (Wildman–Crippen MR) is 91.3 cm³/mol. The molecule has 3 heterocycles. The number of piperidine rings is 2. The minimum absolute atomic E-state index is 0.105. The number of fused-ring (bicyclic) bond motifs is 1. The van der Waals surface area contributed by atoms with Crippen molar-refractivity contribution in [2.75, 3.05) is 20.1 Å². The van der Waals surface area contributed by atoms with Gasteiger partial charge in [0.2, 0.25) is 11.8 Å². The van der Waals surface area contributed by atoms with Gasteiger partial charge in [0.05, 0.1) is 6.04 Å². The molecular formula is C18H24N4O3. The number of hydrogen-bond acceptors (Lipinski definition) is 4. The third-order valence-electron chi connectivity index (χ3n) is 5.82. The summed E-state index contributed by atoms with van der Waals surface area (Å²) in [6, 6.07) is -0.810. The average molecular weight is 344 g/mol. The monoisotopic (exact) mass is 344 g/mol. The molecule has 3 saturated heterocycles. The molecule has 7 nitrogen and oxygen atoms in total. The Kier molecular flexibility index (Phi) is 4.11. The number of likely N-dealkylation sites (N-methyl/N-ethyl adjacent to an activating group) is 1. The van der Waals surface area contributed by atoms with Crippen LogP contribution in [0.3, 0.4) is 0 Å². The molecule has 0 aromatic rings. The number of hydrogen-bond donors (Lipinski definition) is 2. The van der Waals surface area contributed by atoms with Gasteiger partial charge in [-0.25, -0.2) is 4.79 Å². The van der Waals surface area contributed by atoms with Crippen LogP contribution in [0, 0.1) is 5.92 Å². The zero-order chi connectivity index (χ0) is 17.6. The van der Waals surface area contributed by atoms with E-state index in [0.29, 0.717) is 12.3 Å². The van der Waals surface area contributed by atoms with Gasteiger partial charge in [-0.3, -0.25) is 19.8 Å². The molecule has 134 valence electrons. The number of rotatable bonds is 2. The number of allylic oxidation sites excluding steroid dienone is 2. The molecule has 0 aromatic carbocycles. The summed E-state index contributed by atoms with van der Waals surface area (Å²) in [6.07, 6.45) is 8.04. The van der Waals surface area contributed by atoms with Gasteiger partial charge in [-0.15, -0.1) is 0 Å². The van der Waals surface area contributed by atoms with E-state index in [1.54, 1.807) is 16.8 Å². The lowest BCUT2D eigenvalue weighted by atomic mass is 9.85. The topological polar surface area (TPSA) is 81.8 Å². The van der Waals surface area contributed by atoms with Crippen LogP contribution in [0.2, 0.25) is 0 Å². The first kappa shape index (κ1) is 16.3. The minimum Gasteiger partial charge on any atom is -0.317 e. The average Bonchev–Trinajstić information content (AvgIpc) is 2.87. The highest BCUT2D eigenvalue weighted by atomic mass is 16.2. The molecule has 2 unspecified atom stereocenters. The Hall–Kier alpha value is -2.15. The maximum Gasteiger partial charge on any atom is 0.325 e. The summed E-state index contributed by atoms with van der Waals surface area (Å²) in [5.41, 5.74) is 2.29. The van der Waals surface area contributed by atoms with Crippen LogP contribution >= 0.6 is 0 Å². The van der Waals surface area contributed by atoms with Crippen LogP contribution in [0.1, 0.15) is 32.1 Å². The summed E-state index contributed by atoms with van der Waals surface area (Å²) >= 11 is 0. The normalized spacial score (nSPS) is 30.8. The van der Waals surface area contributed by atoms with E-state index in [4.69, 9.17) is 0 Å². The van der Waals surface area contributed by atoms with Gasteiger partial charge in [0, 0.05) is 19.2 Å². The molecule has 1 aliphatic carbocycles. The van der Waals surface area contributed by atoms with Crippen molar-refractivity contribution in [1.82, 2.24) is 20.4 Å². The van der Waals surface area contributed by atoms with Gasteiger partial charge in [-0.1, -0.05) is 6.08 Å². The Morgan fingerprint density at radius 3 is 2.56 bits per heavy atom. The van der Waals surface area contributed by atoms with Crippen molar-refractivity contribution in [3.63, 3.8) is 0 Å². The Bertz CT molecular complexity index is 678. The smallest absolute Gasteiger partial charge is 0.317 e. The number of urea groups is 1. The van der Waals surface area contributed by atoms with Crippen molar-refractivity contribution in [3.8, 4) is 0 Å². The summed E-state index contributed by atoms with van der Waals surface area (Å²) < 4.78 is 0. The van der Waals surface area contributed by atoms with Crippen molar-refractivity contribution in [2.45, 2.75) is 44.2 Å². The summed E-state index contributed by atoms with van der Waals surface area (Å²) in [4.78, 5) is 39.8. The summed E-state index contributed by atoms with van der Waals surface area (Å²) in [5, 5.41) is 5.75. The van der Waals surface area contributed by atoms with Gasteiger partial charge in [-0.05, 0) is 56.3 Å². The van der Waals surface area contributed by atoms with E-state index in [1.807, 2.05) is 0 Å². The highest BCUT2D eigenvalue weighted by molar-refractivity contribution is 6.02. The lowest BCUT2D eigenvalue weighted by Crippen LogP contribution is -2.55. The van der Waals surface area contributed by atoms with Gasteiger partial charge in [0.1, 0.15) is 6.04 Å². The van der Waals surface area contributed by atoms with Crippen LogP contribution in [0.15, 0.2) is 23.4 Å². The fourth-order valence-corrected chi connectivity index (χ4v) is 4.43. The molecule has 0 spiro atoms. The lowest BCUT2D eigenvalue weighted by molar-refractivity contribution is -0.136. The van der Waals surface area contributed by atoms with E-state index in [1.165, 1.54) is 5.57 Å². The molecule has 0 radical (unpaired) electrons. The third kappa shape index (κ3) is 2.76. The quantitative estimate of drug-likeness (QED) is 0.724. The van der Waals surface area contributed by atoms with E-state index >= 15 is 0 Å². The minimum atomic E-state index is -0.558. The number of amides is 4. The SMILES string of the molecule is CN1C(=O)N(C2CCC(=O)NC2=O)C2CC=C(C3CCNCC3)C=C21. The van der Waals surface area contributed by atoms with E-state index in [-0.39, 0.29) is 30.3 Å². The second kappa shape index (κ2) is 6.29. The Balaban J connectivity index is 1.57. The van der Waals surface area contributed by atoms with Gasteiger partial charge in [0.25, 0.3) is 0 Å². The predicted octanol–water partition coefficient (Wildman–Crippen LogP) is 0.741. The van der Waals surface area contributed by atoms with E-state index in [0.717, 1.165) is 38.0 Å². The van der Waals surface area contributed by atoms with E-state index in [2.05, 4.69) is 22.8 Å². The Labute approximate surface area is 147 Å².